The Morgan fingerprint density at radius 1 is 0.667 bits per heavy atom. The number of hydrogen-bond donors (Lipinski definition) is 0. The summed E-state index contributed by atoms with van der Waals surface area (Å²) in [5, 5.41) is 0. The average Bonchev–Trinajstić information content (AvgIpc) is 3.47. The maximum Gasteiger partial charge on any atom is 0.389 e. The third-order valence-electron chi connectivity index (χ3n) is 9.38. The summed E-state index contributed by atoms with van der Waals surface area (Å²) in [6, 6.07) is 0. The summed E-state index contributed by atoms with van der Waals surface area (Å²) < 4.78 is 32.8. The van der Waals surface area contributed by atoms with E-state index in [0.29, 0.717) is 18.4 Å². The zero-order valence-electron chi connectivity index (χ0n) is 28.9. The molecule has 1 aliphatic rings. The second kappa shape index (κ2) is 27.7. The molecule has 0 aromatic heterocycles. The van der Waals surface area contributed by atoms with E-state index in [-0.39, 0.29) is 12.2 Å². The van der Waals surface area contributed by atoms with Crippen molar-refractivity contribution < 1.29 is 18.3 Å². The molecule has 4 nitrogen and oxygen atoms in total. The molecule has 0 radical (unpaired) electrons. The molecule has 0 aromatic rings. The summed E-state index contributed by atoms with van der Waals surface area (Å²) in [4.78, 5) is 0. The highest BCUT2D eigenvalue weighted by Gasteiger charge is 2.37. The van der Waals surface area contributed by atoms with Crippen molar-refractivity contribution in [3.63, 3.8) is 0 Å². The quantitative estimate of drug-likeness (QED) is 0.0562. The van der Waals surface area contributed by atoms with Crippen molar-refractivity contribution in [3.05, 3.63) is 0 Å². The molecule has 1 aliphatic heterocycles. The first kappa shape index (κ1) is 40.5. The van der Waals surface area contributed by atoms with Crippen LogP contribution in [-0.2, 0) is 18.3 Å². The molecule has 252 valence electrons. The fraction of sp³-hybridized carbons (Fsp3) is 1.00. The predicted molar refractivity (Wildman–Crippen MR) is 187 cm³/mol. The zero-order chi connectivity index (χ0) is 30.7. The second-order valence-corrected chi connectivity index (χ2v) is 17.3. The normalized spacial score (nSPS) is 20.1. The smallest absolute Gasteiger partial charge is 0.375 e. The summed E-state index contributed by atoms with van der Waals surface area (Å²) in [5.74, 6) is 1.21. The number of hydrogen-bond acceptors (Lipinski definition) is 5. The molecule has 5 atom stereocenters. The molecule has 0 saturated carbocycles. The van der Waals surface area contributed by atoms with Crippen LogP contribution in [-0.4, -0.2) is 31.7 Å². The van der Waals surface area contributed by atoms with Gasteiger partial charge in [-0.15, -0.1) is 0 Å². The highest BCUT2D eigenvalue weighted by molar-refractivity contribution is 8.54. The molecule has 1 heterocycles. The molecule has 1 fully saturated rings. The molecule has 0 spiro atoms. The lowest BCUT2D eigenvalue weighted by Gasteiger charge is -2.29. The molecule has 0 bridgehead atoms. The second-order valence-electron chi connectivity index (χ2n) is 13.1. The molecule has 0 aliphatic carbocycles. The molecule has 1 rings (SSSR count). The van der Waals surface area contributed by atoms with Gasteiger partial charge in [0.1, 0.15) is 0 Å². The largest absolute Gasteiger partial charge is 0.389 e. The Morgan fingerprint density at radius 2 is 1.10 bits per heavy atom. The maximum atomic E-state index is 13.9. The van der Waals surface area contributed by atoms with E-state index < -0.39 is 6.80 Å². The molecule has 1 saturated heterocycles. The lowest BCUT2D eigenvalue weighted by molar-refractivity contribution is 0.0247. The van der Waals surface area contributed by atoms with Crippen molar-refractivity contribution in [3.8, 4) is 0 Å². The van der Waals surface area contributed by atoms with Crippen molar-refractivity contribution in [1.29, 1.82) is 0 Å². The van der Waals surface area contributed by atoms with Gasteiger partial charge >= 0.3 is 6.80 Å². The van der Waals surface area contributed by atoms with Gasteiger partial charge in [-0.2, -0.15) is 0 Å². The number of unbranched alkanes of at least 4 members (excludes halogenated alkanes) is 16. The van der Waals surface area contributed by atoms with Crippen LogP contribution in [0.15, 0.2) is 0 Å². The summed E-state index contributed by atoms with van der Waals surface area (Å²) in [6.45, 7) is 7.11. The Balaban J connectivity index is 2.72. The van der Waals surface area contributed by atoms with E-state index in [9.17, 15) is 4.57 Å². The summed E-state index contributed by atoms with van der Waals surface area (Å²) >= 11 is 1.29. The minimum Gasteiger partial charge on any atom is -0.375 e. The van der Waals surface area contributed by atoms with Gasteiger partial charge in [-0.25, -0.2) is 4.57 Å². The van der Waals surface area contributed by atoms with Gasteiger partial charge in [-0.3, -0.25) is 9.05 Å². The van der Waals surface area contributed by atoms with Crippen LogP contribution in [0.3, 0.4) is 0 Å². The third kappa shape index (κ3) is 19.8. The van der Waals surface area contributed by atoms with Gasteiger partial charge in [-0.1, -0.05) is 169 Å². The molecule has 5 unspecified atom stereocenters. The highest BCUT2D eigenvalue weighted by Crippen LogP contribution is 2.61. The van der Waals surface area contributed by atoms with Crippen LogP contribution in [0, 0.1) is 11.8 Å². The van der Waals surface area contributed by atoms with Crippen molar-refractivity contribution in [1.82, 2.24) is 0 Å². The van der Waals surface area contributed by atoms with Gasteiger partial charge in [0.05, 0.1) is 18.8 Å². The van der Waals surface area contributed by atoms with E-state index >= 15 is 0 Å². The fourth-order valence-electron chi connectivity index (χ4n) is 6.64. The molecular weight excluding hydrogens is 559 g/mol. The standard InChI is InChI=1S/C36H73O4PS/c1-6-10-14-18-21-25-29-34(28-24-20-16-12-8-3)40-41(37,42-5)39-32-36-35(30-31-38-36)33(26-22-17-13-9-4)27-23-19-15-11-7-2/h33-36H,6-32H2,1-5H3. The topological polar surface area (TPSA) is 44.8 Å². The van der Waals surface area contributed by atoms with E-state index in [1.54, 1.807) is 0 Å². The van der Waals surface area contributed by atoms with Crippen LogP contribution in [0.5, 0.6) is 0 Å². The van der Waals surface area contributed by atoms with Gasteiger partial charge in [-0.05, 0) is 48.7 Å². The summed E-state index contributed by atoms with van der Waals surface area (Å²) in [5.41, 5.74) is 0. The highest BCUT2D eigenvalue weighted by atomic mass is 32.7. The Labute approximate surface area is 267 Å². The molecule has 42 heavy (non-hydrogen) atoms. The minimum atomic E-state index is -3.22. The monoisotopic (exact) mass is 632 g/mol. The minimum absolute atomic E-state index is 0.0332. The first-order chi connectivity index (χ1) is 20.5. The van der Waals surface area contributed by atoms with Gasteiger partial charge < -0.3 is 4.74 Å². The van der Waals surface area contributed by atoms with Gasteiger partial charge in [0.15, 0.2) is 0 Å². The number of rotatable bonds is 31. The van der Waals surface area contributed by atoms with Crippen LogP contribution in [0.25, 0.3) is 0 Å². The van der Waals surface area contributed by atoms with E-state index in [0.717, 1.165) is 38.7 Å². The molecule has 0 N–H and O–H groups in total. The average molecular weight is 633 g/mol. The van der Waals surface area contributed by atoms with Crippen LogP contribution in [0.4, 0.5) is 0 Å². The summed E-state index contributed by atoms with van der Waals surface area (Å²) in [7, 11) is 0. The van der Waals surface area contributed by atoms with Crippen LogP contribution in [0.1, 0.15) is 188 Å². The lowest BCUT2D eigenvalue weighted by atomic mass is 9.80. The predicted octanol–water partition coefficient (Wildman–Crippen LogP) is 13.3. The van der Waals surface area contributed by atoms with Crippen LogP contribution < -0.4 is 0 Å². The molecule has 0 amide bonds. The summed E-state index contributed by atoms with van der Waals surface area (Å²) in [6.07, 6.45) is 33.5. The van der Waals surface area contributed by atoms with Gasteiger partial charge in [0.2, 0.25) is 0 Å². The van der Waals surface area contributed by atoms with Gasteiger partial charge in [0, 0.05) is 6.61 Å². The Bertz CT molecular complexity index is 634. The van der Waals surface area contributed by atoms with Crippen molar-refractivity contribution in [2.24, 2.45) is 11.8 Å². The SMILES string of the molecule is CCCCCCCCC(CCCCCCC)OP(=O)(OCC1OCCC1C(CCCCCC)CCCCCCC)SC. The Hall–Kier alpha value is 0.460. The molecular formula is C36H73O4PS. The fourth-order valence-corrected chi connectivity index (χ4v) is 8.92. The first-order valence-corrected chi connectivity index (χ1v) is 22.0. The Kier molecular flexibility index (Phi) is 26.7. The van der Waals surface area contributed by atoms with Crippen molar-refractivity contribution >= 4 is 18.2 Å². The lowest BCUT2D eigenvalue weighted by Crippen LogP contribution is -2.28. The van der Waals surface area contributed by atoms with Crippen LogP contribution >= 0.6 is 18.2 Å². The van der Waals surface area contributed by atoms with Crippen molar-refractivity contribution in [2.45, 2.75) is 200 Å². The number of ether oxygens (including phenoxy) is 1. The van der Waals surface area contributed by atoms with E-state index in [1.165, 1.54) is 140 Å². The Morgan fingerprint density at radius 3 is 1.57 bits per heavy atom. The van der Waals surface area contributed by atoms with Crippen LogP contribution in [0.2, 0.25) is 0 Å². The van der Waals surface area contributed by atoms with Crippen molar-refractivity contribution in [2.75, 3.05) is 19.5 Å². The first-order valence-electron chi connectivity index (χ1n) is 18.6. The molecule has 6 heteroatoms. The maximum absolute atomic E-state index is 13.9. The third-order valence-corrected chi connectivity index (χ3v) is 12.8. The van der Waals surface area contributed by atoms with E-state index in [4.69, 9.17) is 13.8 Å². The zero-order valence-corrected chi connectivity index (χ0v) is 30.6. The van der Waals surface area contributed by atoms with E-state index in [1.807, 2.05) is 6.26 Å². The van der Waals surface area contributed by atoms with Gasteiger partial charge in [0.25, 0.3) is 0 Å². The molecule has 0 aromatic carbocycles. The van der Waals surface area contributed by atoms with E-state index in [2.05, 4.69) is 27.7 Å².